The Hall–Kier alpha value is -3.86. The maximum absolute atomic E-state index is 14.0. The van der Waals surface area contributed by atoms with Gasteiger partial charge in [-0.15, -0.1) is 0 Å². The third-order valence-corrected chi connectivity index (χ3v) is 7.61. The summed E-state index contributed by atoms with van der Waals surface area (Å²) in [4.78, 5) is 27.9. The zero-order chi connectivity index (χ0) is 22.6. The Kier molecular flexibility index (Phi) is 4.37. The monoisotopic (exact) mass is 446 g/mol. The number of pyridine rings is 1. The summed E-state index contributed by atoms with van der Waals surface area (Å²) in [5, 5.41) is 2.45. The van der Waals surface area contributed by atoms with Gasteiger partial charge in [-0.05, 0) is 79.6 Å². The van der Waals surface area contributed by atoms with Gasteiger partial charge in [-0.1, -0.05) is 24.3 Å². The van der Waals surface area contributed by atoms with Crippen molar-refractivity contribution in [3.63, 3.8) is 0 Å². The number of carbonyl (C=O) groups is 1. The van der Waals surface area contributed by atoms with Gasteiger partial charge in [0, 0.05) is 51.5 Å². The van der Waals surface area contributed by atoms with Gasteiger partial charge in [-0.3, -0.25) is 9.78 Å². The van der Waals surface area contributed by atoms with E-state index in [4.69, 9.17) is 0 Å². The van der Waals surface area contributed by atoms with Crippen LogP contribution < -0.4 is 0 Å². The van der Waals surface area contributed by atoms with Crippen LogP contribution in [0, 0.1) is 0 Å². The summed E-state index contributed by atoms with van der Waals surface area (Å²) in [7, 11) is 0. The number of aromatic nitrogens is 3. The fourth-order valence-electron chi connectivity index (χ4n) is 6.01. The molecule has 1 unspecified atom stereocenters. The number of carbonyl (C=O) groups excluding carboxylic acids is 1. The third-order valence-electron chi connectivity index (χ3n) is 7.61. The van der Waals surface area contributed by atoms with Crippen molar-refractivity contribution in [2.45, 2.75) is 38.1 Å². The highest BCUT2D eigenvalue weighted by molar-refractivity contribution is 6.00. The molecule has 0 saturated carbocycles. The Morgan fingerprint density at radius 2 is 1.71 bits per heavy atom. The lowest BCUT2D eigenvalue weighted by atomic mass is 9.93. The predicted octanol–water partition coefficient (Wildman–Crippen LogP) is 5.71. The van der Waals surface area contributed by atoms with Crippen LogP contribution in [-0.4, -0.2) is 32.3 Å². The van der Waals surface area contributed by atoms with Crippen LogP contribution in [0.25, 0.3) is 21.8 Å². The Labute approximate surface area is 197 Å². The van der Waals surface area contributed by atoms with Crippen LogP contribution in [0.3, 0.4) is 0 Å². The summed E-state index contributed by atoms with van der Waals surface area (Å²) in [5.74, 6) is 0.0626. The average Bonchev–Trinajstić information content (AvgIpc) is 3.46. The molecular formula is C29H26N4O. The van der Waals surface area contributed by atoms with Gasteiger partial charge < -0.3 is 14.9 Å². The third kappa shape index (κ3) is 2.93. The number of amides is 1. The highest BCUT2D eigenvalue weighted by atomic mass is 16.2. The summed E-state index contributed by atoms with van der Waals surface area (Å²) < 4.78 is 0. The molecule has 5 heteroatoms. The second kappa shape index (κ2) is 7.59. The molecule has 0 fully saturated rings. The van der Waals surface area contributed by atoms with Crippen molar-refractivity contribution in [1.82, 2.24) is 19.9 Å². The van der Waals surface area contributed by atoms with Gasteiger partial charge in [0.05, 0.1) is 5.69 Å². The van der Waals surface area contributed by atoms with Gasteiger partial charge in [-0.2, -0.15) is 0 Å². The number of H-pyrrole nitrogens is 2. The second-order valence-electron chi connectivity index (χ2n) is 9.52. The maximum Gasteiger partial charge on any atom is 0.254 e. The maximum atomic E-state index is 14.0. The van der Waals surface area contributed by atoms with Crippen LogP contribution in [0.15, 0.2) is 66.9 Å². The summed E-state index contributed by atoms with van der Waals surface area (Å²) >= 11 is 0. The zero-order valence-electron chi connectivity index (χ0n) is 19.0. The topological polar surface area (TPSA) is 64.8 Å². The first-order chi connectivity index (χ1) is 16.8. The minimum absolute atomic E-state index is 0.0626. The van der Waals surface area contributed by atoms with E-state index in [1.807, 2.05) is 35.4 Å². The first-order valence-electron chi connectivity index (χ1n) is 12.2. The molecule has 1 aliphatic heterocycles. The Balaban J connectivity index is 1.34. The predicted molar refractivity (Wildman–Crippen MR) is 134 cm³/mol. The smallest absolute Gasteiger partial charge is 0.254 e. The molecule has 5 aromatic rings. The Bertz CT molecular complexity index is 1550. The van der Waals surface area contributed by atoms with E-state index in [9.17, 15) is 4.79 Å². The molecule has 1 atom stereocenters. The molecular weight excluding hydrogens is 420 g/mol. The minimum Gasteiger partial charge on any atom is -0.358 e. The molecule has 7 rings (SSSR count). The highest BCUT2D eigenvalue weighted by Gasteiger charge is 2.35. The molecule has 0 radical (unpaired) electrons. The molecule has 5 nitrogen and oxygen atoms in total. The van der Waals surface area contributed by atoms with Gasteiger partial charge in [0.25, 0.3) is 5.91 Å². The highest BCUT2D eigenvalue weighted by Crippen LogP contribution is 2.39. The van der Waals surface area contributed by atoms with Crippen molar-refractivity contribution in [3.05, 3.63) is 101 Å². The molecule has 2 N–H and O–H groups in total. The fraction of sp³-hybridized carbons (Fsp3) is 0.241. The molecule has 1 amide bonds. The number of nitrogens with one attached hydrogen (secondary N) is 2. The quantitative estimate of drug-likeness (QED) is 0.365. The average molecular weight is 447 g/mol. The van der Waals surface area contributed by atoms with Crippen molar-refractivity contribution >= 4 is 27.7 Å². The van der Waals surface area contributed by atoms with Crippen LogP contribution in [0.4, 0.5) is 0 Å². The van der Waals surface area contributed by atoms with E-state index in [2.05, 4.69) is 51.4 Å². The van der Waals surface area contributed by atoms with E-state index in [0.29, 0.717) is 6.54 Å². The van der Waals surface area contributed by atoms with Crippen LogP contribution >= 0.6 is 0 Å². The van der Waals surface area contributed by atoms with Gasteiger partial charge in [-0.25, -0.2) is 0 Å². The van der Waals surface area contributed by atoms with Crippen LogP contribution in [-0.2, 0) is 19.3 Å². The normalized spacial score (nSPS) is 17.6. The van der Waals surface area contributed by atoms with Crippen molar-refractivity contribution in [3.8, 4) is 0 Å². The van der Waals surface area contributed by atoms with E-state index in [-0.39, 0.29) is 11.9 Å². The molecule has 0 spiro atoms. The number of aryl methyl sites for hydroxylation is 2. The minimum atomic E-state index is -0.235. The Morgan fingerprint density at radius 3 is 2.62 bits per heavy atom. The largest absolute Gasteiger partial charge is 0.358 e. The molecule has 0 saturated heterocycles. The van der Waals surface area contributed by atoms with Gasteiger partial charge in [0.1, 0.15) is 6.04 Å². The lowest BCUT2D eigenvalue weighted by Crippen LogP contribution is -2.41. The van der Waals surface area contributed by atoms with Crippen molar-refractivity contribution < 1.29 is 4.79 Å². The number of fused-ring (bicyclic) bond motifs is 6. The molecule has 3 aromatic heterocycles. The van der Waals surface area contributed by atoms with Gasteiger partial charge in [0.15, 0.2) is 0 Å². The number of nitrogens with zero attached hydrogens (tertiary/aromatic N) is 2. The number of aromatic amines is 2. The molecule has 2 aliphatic rings. The Morgan fingerprint density at radius 1 is 0.853 bits per heavy atom. The fourth-order valence-corrected chi connectivity index (χ4v) is 6.01. The number of hydrogen-bond donors (Lipinski definition) is 2. The van der Waals surface area contributed by atoms with Crippen LogP contribution in [0.1, 0.15) is 57.5 Å². The van der Waals surface area contributed by atoms with Crippen LogP contribution in [0.5, 0.6) is 0 Å². The molecule has 2 aromatic carbocycles. The number of para-hydroxylation sites is 1. The molecule has 0 bridgehead atoms. The van der Waals surface area contributed by atoms with E-state index >= 15 is 0 Å². The first kappa shape index (κ1) is 19.6. The number of benzene rings is 2. The number of hydrogen-bond acceptors (Lipinski definition) is 2. The van der Waals surface area contributed by atoms with Crippen LogP contribution in [0.2, 0.25) is 0 Å². The van der Waals surface area contributed by atoms with Crippen molar-refractivity contribution in [2.24, 2.45) is 0 Å². The second-order valence-corrected chi connectivity index (χ2v) is 9.52. The standard InChI is InChI=1S/C29H26N4O/c34-29(18-12-13-25-22(17-18)20-8-2-3-9-23(20)31-25)33-16-14-21-19-7-1-4-10-24(19)32-27(21)28(33)26-11-5-6-15-30-26/h1,4-7,10-13,15,17,28,31-32H,2-3,8-9,14,16H2. The zero-order valence-corrected chi connectivity index (χ0v) is 19.0. The summed E-state index contributed by atoms with van der Waals surface area (Å²) in [6.45, 7) is 0.665. The van der Waals surface area contributed by atoms with Crippen molar-refractivity contribution in [2.75, 3.05) is 6.54 Å². The summed E-state index contributed by atoms with van der Waals surface area (Å²) in [6, 6.07) is 20.3. The van der Waals surface area contributed by atoms with E-state index < -0.39 is 0 Å². The molecule has 34 heavy (non-hydrogen) atoms. The molecule has 168 valence electrons. The van der Waals surface area contributed by atoms with E-state index in [1.54, 1.807) is 0 Å². The summed E-state index contributed by atoms with van der Waals surface area (Å²) in [5.41, 5.74) is 9.02. The molecule has 1 aliphatic carbocycles. The lowest BCUT2D eigenvalue weighted by molar-refractivity contribution is 0.0689. The molecule has 4 heterocycles. The van der Waals surface area contributed by atoms with Gasteiger partial charge >= 0.3 is 0 Å². The van der Waals surface area contributed by atoms with E-state index in [1.165, 1.54) is 40.4 Å². The number of rotatable bonds is 2. The van der Waals surface area contributed by atoms with Crippen molar-refractivity contribution in [1.29, 1.82) is 0 Å². The van der Waals surface area contributed by atoms with E-state index in [0.717, 1.165) is 47.2 Å². The SMILES string of the molecule is O=C(c1ccc2[nH]c3c(c2c1)CCCC3)N1CCc2c([nH]c3ccccc23)C1c1ccccn1. The lowest BCUT2D eigenvalue weighted by Gasteiger charge is -2.35. The van der Waals surface area contributed by atoms with Gasteiger partial charge in [0.2, 0.25) is 0 Å². The first-order valence-corrected chi connectivity index (χ1v) is 12.2. The summed E-state index contributed by atoms with van der Waals surface area (Å²) in [6.07, 6.45) is 7.28.